The van der Waals surface area contributed by atoms with Crippen molar-refractivity contribution < 1.29 is 4.42 Å². The van der Waals surface area contributed by atoms with E-state index in [9.17, 15) is 0 Å². The van der Waals surface area contributed by atoms with Crippen LogP contribution in [0.1, 0.15) is 12.2 Å². The van der Waals surface area contributed by atoms with Gasteiger partial charge in [-0.2, -0.15) is 5.10 Å². The summed E-state index contributed by atoms with van der Waals surface area (Å²) in [7, 11) is 4.04. The highest BCUT2D eigenvalue weighted by Crippen LogP contribution is 2.13. The number of allylic oxidation sites excluding steroid dienone is 1. The minimum atomic E-state index is 0.413. The lowest BCUT2D eigenvalue weighted by Gasteiger charge is -2.11. The molecule has 0 saturated carbocycles. The van der Waals surface area contributed by atoms with Crippen molar-refractivity contribution >= 4 is 46.4 Å². The molecule has 0 radical (unpaired) electrons. The monoisotopic (exact) mass is 376 g/mol. The summed E-state index contributed by atoms with van der Waals surface area (Å²) >= 11 is 11.1. The number of thiocarbonyl (C=S) groups is 1. The van der Waals surface area contributed by atoms with Gasteiger partial charge in [-0.25, -0.2) is 0 Å². The lowest BCUT2D eigenvalue weighted by atomic mass is 10.2. The van der Waals surface area contributed by atoms with Crippen molar-refractivity contribution in [3.05, 3.63) is 59.5 Å². The zero-order valence-electron chi connectivity index (χ0n) is 14.2. The van der Waals surface area contributed by atoms with Gasteiger partial charge in [0.25, 0.3) is 0 Å². The molecule has 2 N–H and O–H groups in total. The lowest BCUT2D eigenvalue weighted by molar-refractivity contribution is 0.422. The van der Waals surface area contributed by atoms with Crippen molar-refractivity contribution in [2.24, 2.45) is 5.10 Å². The molecule has 0 atom stereocenters. The van der Waals surface area contributed by atoms with Gasteiger partial charge in [-0.15, -0.1) is 0 Å². The molecule has 0 spiro atoms. The molecule has 7 heteroatoms. The number of hydrazone groups is 1. The molecule has 132 valence electrons. The lowest BCUT2D eigenvalue weighted by Crippen LogP contribution is -2.25. The van der Waals surface area contributed by atoms with E-state index in [1.165, 1.54) is 0 Å². The van der Waals surface area contributed by atoms with Crippen LogP contribution in [-0.2, 0) is 0 Å². The van der Waals surface area contributed by atoms with Crippen LogP contribution in [0.4, 0.5) is 5.69 Å². The maximum atomic E-state index is 5.87. The highest BCUT2D eigenvalue weighted by molar-refractivity contribution is 7.80. The van der Waals surface area contributed by atoms with Crippen LogP contribution in [0.25, 0.3) is 6.08 Å². The Bertz CT molecular complexity index is 724. The van der Waals surface area contributed by atoms with Gasteiger partial charge in [0, 0.05) is 23.7 Å². The molecule has 25 heavy (non-hydrogen) atoms. The molecule has 2 aromatic rings. The predicted octanol–water partition coefficient (Wildman–Crippen LogP) is 4.24. The molecule has 0 aliphatic rings. The first-order valence-corrected chi connectivity index (χ1v) is 8.57. The third-order valence-corrected chi connectivity index (χ3v) is 3.65. The normalized spacial score (nSPS) is 11.9. The summed E-state index contributed by atoms with van der Waals surface area (Å²) in [5.41, 5.74) is 4.59. The minimum absolute atomic E-state index is 0.413. The average Bonchev–Trinajstić information content (AvgIpc) is 3.09. The van der Waals surface area contributed by atoms with E-state index >= 15 is 0 Å². The molecule has 0 aliphatic heterocycles. The third-order valence-electron chi connectivity index (χ3n) is 3.20. The van der Waals surface area contributed by atoms with Gasteiger partial charge < -0.3 is 14.6 Å². The summed E-state index contributed by atoms with van der Waals surface area (Å²) in [5, 5.41) is 8.54. The fourth-order valence-corrected chi connectivity index (χ4v) is 2.18. The topological polar surface area (TPSA) is 52.8 Å². The van der Waals surface area contributed by atoms with E-state index in [0.717, 1.165) is 30.1 Å². The van der Waals surface area contributed by atoms with Crippen LogP contribution in [0.15, 0.2) is 58.3 Å². The fraction of sp³-hybridized carbons (Fsp3) is 0.222. The Balaban J connectivity index is 1.97. The first kappa shape index (κ1) is 19.2. The van der Waals surface area contributed by atoms with Crippen molar-refractivity contribution in [3.8, 4) is 0 Å². The Morgan fingerprint density at radius 2 is 2.04 bits per heavy atom. The summed E-state index contributed by atoms with van der Waals surface area (Å²) in [4.78, 5) is 2.10. The van der Waals surface area contributed by atoms with Crippen molar-refractivity contribution in [2.75, 3.05) is 26.0 Å². The number of nitrogens with zero attached hydrogens (tertiary/aromatic N) is 2. The molecule has 0 fully saturated rings. The number of rotatable bonds is 7. The smallest absolute Gasteiger partial charge is 0.191 e. The average molecular weight is 377 g/mol. The summed E-state index contributed by atoms with van der Waals surface area (Å²) in [6.45, 7) is 0.875. The summed E-state index contributed by atoms with van der Waals surface area (Å²) in [6.07, 6.45) is 6.21. The molecule has 2 rings (SSSR count). The van der Waals surface area contributed by atoms with Gasteiger partial charge in [-0.3, -0.25) is 5.43 Å². The zero-order chi connectivity index (χ0) is 18.1. The van der Waals surface area contributed by atoms with Crippen LogP contribution in [0.3, 0.4) is 0 Å². The summed E-state index contributed by atoms with van der Waals surface area (Å²) < 4.78 is 5.30. The SMILES string of the molecule is CN(C)CC/C(C=Cc1ccco1)=N\NC(=S)Nc1ccc(Cl)cc1. The van der Waals surface area contributed by atoms with Crippen LogP contribution in [0, 0.1) is 0 Å². The summed E-state index contributed by atoms with van der Waals surface area (Å²) in [5.74, 6) is 0.777. The number of hydrogen-bond donors (Lipinski definition) is 2. The van der Waals surface area contributed by atoms with E-state index in [1.807, 2.05) is 50.5 Å². The molecule has 0 saturated heterocycles. The van der Waals surface area contributed by atoms with Gasteiger partial charge in [0.15, 0.2) is 5.11 Å². The van der Waals surface area contributed by atoms with Crippen molar-refractivity contribution in [1.29, 1.82) is 0 Å². The van der Waals surface area contributed by atoms with Crippen LogP contribution >= 0.6 is 23.8 Å². The Morgan fingerprint density at radius 1 is 1.28 bits per heavy atom. The highest BCUT2D eigenvalue weighted by atomic mass is 35.5. The number of benzene rings is 1. The maximum absolute atomic E-state index is 5.87. The van der Waals surface area contributed by atoms with Crippen LogP contribution in [0.2, 0.25) is 5.02 Å². The Morgan fingerprint density at radius 3 is 2.68 bits per heavy atom. The van der Waals surface area contributed by atoms with E-state index in [2.05, 4.69) is 20.7 Å². The summed E-state index contributed by atoms with van der Waals surface area (Å²) in [6, 6.07) is 11.0. The van der Waals surface area contributed by atoms with E-state index in [0.29, 0.717) is 10.1 Å². The van der Waals surface area contributed by atoms with Gasteiger partial charge in [-0.1, -0.05) is 11.6 Å². The minimum Gasteiger partial charge on any atom is -0.465 e. The number of anilines is 1. The fourth-order valence-electron chi connectivity index (χ4n) is 1.89. The standard InChI is InChI=1S/C18H21ClN4OS/c1-23(2)12-11-16(9-10-17-4-3-13-24-17)21-22-18(25)20-15-7-5-14(19)6-8-15/h3-10,13H,11-12H2,1-2H3,(H2,20,22,25)/b10-9?,21-16-. The second-order valence-electron chi connectivity index (χ2n) is 5.58. The zero-order valence-corrected chi connectivity index (χ0v) is 15.8. The number of hydrogen-bond acceptors (Lipinski definition) is 4. The largest absolute Gasteiger partial charge is 0.465 e. The second kappa shape index (κ2) is 9.98. The molecule has 0 amide bonds. The Labute approximate surface area is 158 Å². The highest BCUT2D eigenvalue weighted by Gasteiger charge is 2.01. The molecule has 0 aliphatic carbocycles. The maximum Gasteiger partial charge on any atom is 0.191 e. The van der Waals surface area contributed by atoms with Gasteiger partial charge in [0.1, 0.15) is 5.76 Å². The molecule has 1 heterocycles. The molecule has 5 nitrogen and oxygen atoms in total. The van der Waals surface area contributed by atoms with Crippen molar-refractivity contribution in [1.82, 2.24) is 10.3 Å². The molecule has 0 bridgehead atoms. The number of halogens is 1. The number of nitrogens with one attached hydrogen (secondary N) is 2. The van der Waals surface area contributed by atoms with Gasteiger partial charge in [-0.05, 0) is 74.9 Å². The molecule has 0 unspecified atom stereocenters. The van der Waals surface area contributed by atoms with Crippen LogP contribution in [-0.4, -0.2) is 36.4 Å². The molecular formula is C18H21ClN4OS. The van der Waals surface area contributed by atoms with Crippen molar-refractivity contribution in [2.45, 2.75) is 6.42 Å². The molecular weight excluding hydrogens is 356 g/mol. The quantitative estimate of drug-likeness (QED) is 0.430. The van der Waals surface area contributed by atoms with Crippen molar-refractivity contribution in [3.63, 3.8) is 0 Å². The van der Waals surface area contributed by atoms with Gasteiger partial charge in [0.05, 0.1) is 12.0 Å². The first-order valence-electron chi connectivity index (χ1n) is 7.78. The van der Waals surface area contributed by atoms with E-state index < -0.39 is 0 Å². The Kier molecular flexibility index (Phi) is 7.66. The van der Waals surface area contributed by atoms with Crippen LogP contribution in [0.5, 0.6) is 0 Å². The number of furan rings is 1. The second-order valence-corrected chi connectivity index (χ2v) is 6.42. The predicted molar refractivity (Wildman–Crippen MR) is 109 cm³/mol. The molecule has 1 aromatic carbocycles. The van der Waals surface area contributed by atoms with Gasteiger partial charge >= 0.3 is 0 Å². The Hall–Kier alpha value is -2.15. The van der Waals surface area contributed by atoms with E-state index in [-0.39, 0.29) is 0 Å². The third kappa shape index (κ3) is 7.51. The van der Waals surface area contributed by atoms with E-state index in [4.69, 9.17) is 28.2 Å². The van der Waals surface area contributed by atoms with Crippen LogP contribution < -0.4 is 10.7 Å². The first-order chi connectivity index (χ1) is 12.0. The molecule has 1 aromatic heterocycles. The van der Waals surface area contributed by atoms with E-state index in [1.54, 1.807) is 18.4 Å². The van der Waals surface area contributed by atoms with Gasteiger partial charge in [0.2, 0.25) is 0 Å².